The van der Waals surface area contributed by atoms with E-state index in [2.05, 4.69) is 34.3 Å². The maximum absolute atomic E-state index is 12.2. The number of hydrogen-bond acceptors (Lipinski definition) is 3. The molecule has 6 heteroatoms. The first-order valence-corrected chi connectivity index (χ1v) is 8.47. The van der Waals surface area contributed by atoms with Crippen LogP contribution in [0.1, 0.15) is 16.8 Å². The molecule has 2 aromatic carbocycles. The van der Waals surface area contributed by atoms with Gasteiger partial charge in [-0.25, -0.2) is 0 Å². The summed E-state index contributed by atoms with van der Waals surface area (Å²) in [5, 5.41) is 4.13. The summed E-state index contributed by atoms with van der Waals surface area (Å²) in [6, 6.07) is 16.9. The highest BCUT2D eigenvalue weighted by Gasteiger charge is 2.06. The maximum atomic E-state index is 12.2. The van der Waals surface area contributed by atoms with Gasteiger partial charge in [0.15, 0.2) is 6.61 Å². The summed E-state index contributed by atoms with van der Waals surface area (Å²) in [7, 11) is 0. The van der Waals surface area contributed by atoms with Gasteiger partial charge in [-0.3, -0.25) is 9.59 Å². The Balaban J connectivity index is 1.46. The van der Waals surface area contributed by atoms with Gasteiger partial charge in [0.05, 0.1) is 0 Å². The Morgan fingerprint density at radius 2 is 1.81 bits per heavy atom. The van der Waals surface area contributed by atoms with Crippen molar-refractivity contribution in [1.29, 1.82) is 0 Å². The molecule has 0 saturated heterocycles. The number of fused-ring (bicyclic) bond motifs is 1. The molecule has 0 aliphatic heterocycles. The number of aryl methyl sites for hydroxylation is 1. The van der Waals surface area contributed by atoms with E-state index >= 15 is 0 Å². The molecule has 3 rings (SSSR count). The van der Waals surface area contributed by atoms with E-state index in [9.17, 15) is 9.59 Å². The first-order chi connectivity index (χ1) is 12.6. The van der Waals surface area contributed by atoms with Crippen LogP contribution in [0.15, 0.2) is 60.8 Å². The molecular formula is C20H21N3O3. The maximum Gasteiger partial charge on any atom is 0.255 e. The fraction of sp³-hybridized carbons (Fsp3) is 0.200. The van der Waals surface area contributed by atoms with Gasteiger partial charge in [-0.1, -0.05) is 18.2 Å². The molecule has 6 nitrogen and oxygen atoms in total. The summed E-state index contributed by atoms with van der Waals surface area (Å²) in [5.41, 5.74) is 6.77. The molecule has 1 heterocycles. The zero-order chi connectivity index (χ0) is 18.4. The summed E-state index contributed by atoms with van der Waals surface area (Å²) < 4.78 is 7.36. The minimum Gasteiger partial charge on any atom is -0.484 e. The van der Waals surface area contributed by atoms with Crippen LogP contribution in [-0.4, -0.2) is 29.5 Å². The minimum atomic E-state index is -0.540. The summed E-state index contributed by atoms with van der Waals surface area (Å²) >= 11 is 0. The molecule has 0 aliphatic rings. The number of aromatic nitrogens is 1. The van der Waals surface area contributed by atoms with Crippen molar-refractivity contribution in [2.45, 2.75) is 13.0 Å². The number of rotatable bonds is 8. The van der Waals surface area contributed by atoms with Crippen LogP contribution in [-0.2, 0) is 11.3 Å². The van der Waals surface area contributed by atoms with Crippen molar-refractivity contribution in [3.63, 3.8) is 0 Å². The molecule has 3 N–H and O–H groups in total. The smallest absolute Gasteiger partial charge is 0.255 e. The van der Waals surface area contributed by atoms with Crippen molar-refractivity contribution < 1.29 is 14.3 Å². The molecule has 0 bridgehead atoms. The number of para-hydroxylation sites is 1. The van der Waals surface area contributed by atoms with Gasteiger partial charge in [-0.15, -0.1) is 0 Å². The third-order valence-corrected chi connectivity index (χ3v) is 4.04. The van der Waals surface area contributed by atoms with E-state index in [0.717, 1.165) is 13.0 Å². The molecule has 0 radical (unpaired) electrons. The molecule has 1 aromatic heterocycles. The van der Waals surface area contributed by atoms with Crippen molar-refractivity contribution in [3.05, 3.63) is 66.4 Å². The van der Waals surface area contributed by atoms with Crippen LogP contribution in [0, 0.1) is 0 Å². The predicted molar refractivity (Wildman–Crippen MR) is 100 cm³/mol. The Hall–Kier alpha value is -3.28. The number of nitrogens with one attached hydrogen (secondary N) is 1. The fourth-order valence-corrected chi connectivity index (χ4v) is 2.75. The highest BCUT2D eigenvalue weighted by atomic mass is 16.5. The van der Waals surface area contributed by atoms with Crippen molar-refractivity contribution in [2.24, 2.45) is 5.73 Å². The highest BCUT2D eigenvalue weighted by Crippen LogP contribution is 2.15. The second-order valence-electron chi connectivity index (χ2n) is 5.96. The van der Waals surface area contributed by atoms with Gasteiger partial charge in [-0.2, -0.15) is 0 Å². The molecular weight excluding hydrogens is 330 g/mol. The van der Waals surface area contributed by atoms with Crippen LogP contribution in [0.4, 0.5) is 0 Å². The van der Waals surface area contributed by atoms with Crippen LogP contribution in [0.5, 0.6) is 5.75 Å². The molecule has 2 amide bonds. The van der Waals surface area contributed by atoms with E-state index in [0.29, 0.717) is 17.9 Å². The van der Waals surface area contributed by atoms with Crippen molar-refractivity contribution in [2.75, 3.05) is 13.2 Å². The third-order valence-electron chi connectivity index (χ3n) is 4.04. The van der Waals surface area contributed by atoms with Gasteiger partial charge in [0.25, 0.3) is 11.8 Å². The molecule has 0 spiro atoms. The molecule has 134 valence electrons. The summed E-state index contributed by atoms with van der Waals surface area (Å²) in [6.07, 6.45) is 2.90. The monoisotopic (exact) mass is 351 g/mol. The summed E-state index contributed by atoms with van der Waals surface area (Å²) in [4.78, 5) is 22.8. The topological polar surface area (TPSA) is 86.4 Å². The summed E-state index contributed by atoms with van der Waals surface area (Å²) in [5.74, 6) is -0.175. The Morgan fingerprint density at radius 1 is 1.04 bits per heavy atom. The number of carbonyl (C=O) groups is 2. The van der Waals surface area contributed by atoms with E-state index in [4.69, 9.17) is 10.5 Å². The number of benzene rings is 2. The largest absolute Gasteiger partial charge is 0.484 e. The number of primary amides is 1. The molecule has 0 unspecified atom stereocenters. The summed E-state index contributed by atoms with van der Waals surface area (Å²) in [6.45, 7) is 1.25. The molecule has 3 aromatic rings. The van der Waals surface area contributed by atoms with Crippen molar-refractivity contribution in [1.82, 2.24) is 9.88 Å². The Bertz CT molecular complexity index is 900. The van der Waals surface area contributed by atoms with Crippen LogP contribution < -0.4 is 15.8 Å². The van der Waals surface area contributed by atoms with Crippen LogP contribution >= 0.6 is 0 Å². The Labute approximate surface area is 151 Å². The molecule has 0 aliphatic carbocycles. The normalized spacial score (nSPS) is 10.6. The standard InChI is InChI=1S/C20H21N3O3/c21-19(24)14-26-17-8-6-16(7-9-17)20(25)22-11-3-12-23-13-10-15-4-1-2-5-18(15)23/h1-2,4-10,13H,3,11-12,14H2,(H2,21,24)(H,22,25). The van der Waals surface area contributed by atoms with E-state index in [1.807, 2.05) is 12.1 Å². The number of nitrogens with two attached hydrogens (primary N) is 1. The van der Waals surface area contributed by atoms with Gasteiger partial charge < -0.3 is 20.4 Å². The Kier molecular flexibility index (Phi) is 5.53. The first kappa shape index (κ1) is 17.5. The zero-order valence-corrected chi connectivity index (χ0v) is 14.4. The number of amides is 2. The number of ether oxygens (including phenoxy) is 1. The van der Waals surface area contributed by atoms with Gasteiger partial charge in [-0.05, 0) is 48.2 Å². The average Bonchev–Trinajstić information content (AvgIpc) is 3.07. The second kappa shape index (κ2) is 8.20. The van der Waals surface area contributed by atoms with Crippen LogP contribution in [0.3, 0.4) is 0 Å². The molecule has 0 atom stereocenters. The third kappa shape index (κ3) is 4.42. The van der Waals surface area contributed by atoms with E-state index in [1.165, 1.54) is 10.9 Å². The van der Waals surface area contributed by atoms with Crippen LogP contribution in [0.2, 0.25) is 0 Å². The van der Waals surface area contributed by atoms with Crippen molar-refractivity contribution >= 4 is 22.7 Å². The molecule has 0 saturated carbocycles. The van der Waals surface area contributed by atoms with Crippen molar-refractivity contribution in [3.8, 4) is 5.75 Å². The quantitative estimate of drug-likeness (QED) is 0.611. The second-order valence-corrected chi connectivity index (χ2v) is 5.96. The lowest BCUT2D eigenvalue weighted by Crippen LogP contribution is -2.25. The minimum absolute atomic E-state index is 0.135. The zero-order valence-electron chi connectivity index (χ0n) is 14.4. The number of nitrogens with zero attached hydrogens (tertiary/aromatic N) is 1. The number of hydrogen-bond donors (Lipinski definition) is 2. The average molecular weight is 351 g/mol. The van der Waals surface area contributed by atoms with Gasteiger partial charge in [0.2, 0.25) is 0 Å². The first-order valence-electron chi connectivity index (χ1n) is 8.47. The van der Waals surface area contributed by atoms with Gasteiger partial charge in [0, 0.05) is 30.4 Å². The van der Waals surface area contributed by atoms with E-state index in [1.54, 1.807) is 24.3 Å². The fourth-order valence-electron chi connectivity index (χ4n) is 2.75. The Morgan fingerprint density at radius 3 is 2.58 bits per heavy atom. The lowest BCUT2D eigenvalue weighted by atomic mass is 10.2. The van der Waals surface area contributed by atoms with E-state index in [-0.39, 0.29) is 12.5 Å². The van der Waals surface area contributed by atoms with Gasteiger partial charge in [0.1, 0.15) is 5.75 Å². The lowest BCUT2D eigenvalue weighted by Gasteiger charge is -2.08. The molecule has 26 heavy (non-hydrogen) atoms. The van der Waals surface area contributed by atoms with Gasteiger partial charge >= 0.3 is 0 Å². The highest BCUT2D eigenvalue weighted by molar-refractivity contribution is 5.94. The lowest BCUT2D eigenvalue weighted by molar-refractivity contribution is -0.119. The SMILES string of the molecule is NC(=O)COc1ccc(C(=O)NCCCn2ccc3ccccc32)cc1. The van der Waals surface area contributed by atoms with Crippen LogP contribution in [0.25, 0.3) is 10.9 Å². The number of carbonyl (C=O) groups excluding carboxylic acids is 2. The predicted octanol–water partition coefficient (Wildman–Crippen LogP) is 2.33. The van der Waals surface area contributed by atoms with E-state index < -0.39 is 5.91 Å². The molecule has 0 fully saturated rings.